The van der Waals surface area contributed by atoms with E-state index in [0.717, 1.165) is 16.8 Å². The predicted octanol–water partition coefficient (Wildman–Crippen LogP) is 3.36. The third-order valence-electron chi connectivity index (χ3n) is 4.85. The Morgan fingerprint density at radius 2 is 1.85 bits per heavy atom. The number of benzene rings is 2. The molecule has 0 bridgehead atoms. The van der Waals surface area contributed by atoms with Gasteiger partial charge in [0.1, 0.15) is 11.8 Å². The predicted molar refractivity (Wildman–Crippen MR) is 99.0 cm³/mol. The highest BCUT2D eigenvalue weighted by Gasteiger charge is 2.50. The Morgan fingerprint density at radius 1 is 1.15 bits per heavy atom. The average Bonchev–Trinajstić information content (AvgIpc) is 3.03. The Hall–Kier alpha value is -2.66. The summed E-state index contributed by atoms with van der Waals surface area (Å²) in [6.07, 6.45) is 0. The number of carbonyl (C=O) groups is 2. The molecular formula is C20H17ClN2O3. The van der Waals surface area contributed by atoms with E-state index in [2.05, 4.69) is 10.3 Å². The van der Waals surface area contributed by atoms with Crippen molar-refractivity contribution in [3.8, 4) is 0 Å². The lowest BCUT2D eigenvalue weighted by molar-refractivity contribution is -0.148. The van der Waals surface area contributed by atoms with Gasteiger partial charge in [-0.15, -0.1) is 0 Å². The van der Waals surface area contributed by atoms with Crippen LogP contribution < -0.4 is 5.32 Å². The summed E-state index contributed by atoms with van der Waals surface area (Å²) in [7, 11) is 0. The highest BCUT2D eigenvalue weighted by Crippen LogP contribution is 2.48. The molecule has 2 aromatic carbocycles. The number of esters is 1. The number of hydrogen-bond acceptors (Lipinski definition) is 4. The number of halogens is 1. The minimum absolute atomic E-state index is 0.239. The number of aliphatic imine (C=N–C) groups is 1. The Bertz CT molecular complexity index is 925. The molecule has 0 saturated carbocycles. The quantitative estimate of drug-likeness (QED) is 0.845. The zero-order valence-corrected chi connectivity index (χ0v) is 14.9. The smallest absolute Gasteiger partial charge is 0.329 e. The molecule has 2 aliphatic heterocycles. The fourth-order valence-electron chi connectivity index (χ4n) is 3.79. The van der Waals surface area contributed by atoms with Crippen LogP contribution in [0.25, 0.3) is 0 Å². The molecule has 1 N–H and O–H groups in total. The third-order valence-corrected chi connectivity index (χ3v) is 5.19. The molecule has 3 atom stereocenters. The zero-order chi connectivity index (χ0) is 18.3. The van der Waals surface area contributed by atoms with Gasteiger partial charge in [0.05, 0.1) is 12.3 Å². The number of carbonyl (C=O) groups excluding carboxylic acids is 2. The van der Waals surface area contributed by atoms with E-state index < -0.39 is 12.0 Å². The van der Waals surface area contributed by atoms with Crippen molar-refractivity contribution in [2.75, 3.05) is 6.61 Å². The molecule has 4 rings (SSSR count). The summed E-state index contributed by atoms with van der Waals surface area (Å²) < 4.78 is 5.22. The number of amides is 1. The van der Waals surface area contributed by atoms with Crippen LogP contribution >= 0.6 is 11.6 Å². The second-order valence-electron chi connectivity index (χ2n) is 6.28. The van der Waals surface area contributed by atoms with Gasteiger partial charge in [0.25, 0.3) is 5.91 Å². The second kappa shape index (κ2) is 6.57. The number of piperidine rings is 1. The molecule has 2 aromatic rings. The van der Waals surface area contributed by atoms with Crippen molar-refractivity contribution in [1.82, 2.24) is 5.32 Å². The number of fused-ring (bicyclic) bond motifs is 3. The van der Waals surface area contributed by atoms with E-state index >= 15 is 0 Å². The molecule has 1 saturated heterocycles. The Labute approximate surface area is 156 Å². The van der Waals surface area contributed by atoms with Gasteiger partial charge in [0, 0.05) is 16.9 Å². The van der Waals surface area contributed by atoms with E-state index in [-0.39, 0.29) is 24.3 Å². The molecule has 0 spiro atoms. The number of para-hydroxylation sites is 1. The minimum Gasteiger partial charge on any atom is -0.464 e. The third kappa shape index (κ3) is 2.59. The Kier molecular flexibility index (Phi) is 4.24. The molecule has 0 radical (unpaired) electrons. The number of hydrogen-bond donors (Lipinski definition) is 1. The summed E-state index contributed by atoms with van der Waals surface area (Å²) >= 11 is 6.45. The molecule has 3 unspecified atom stereocenters. The first kappa shape index (κ1) is 16.8. The van der Waals surface area contributed by atoms with Gasteiger partial charge in [0.15, 0.2) is 0 Å². The minimum atomic E-state index is -0.822. The maximum absolute atomic E-state index is 12.6. The summed E-state index contributed by atoms with van der Waals surface area (Å²) in [5.41, 5.74) is 2.89. The van der Waals surface area contributed by atoms with Crippen LogP contribution in [-0.2, 0) is 14.3 Å². The van der Waals surface area contributed by atoms with Gasteiger partial charge >= 0.3 is 5.97 Å². The van der Waals surface area contributed by atoms with E-state index in [0.29, 0.717) is 10.7 Å². The lowest BCUT2D eigenvalue weighted by Crippen LogP contribution is -2.56. The first-order chi connectivity index (χ1) is 12.6. The van der Waals surface area contributed by atoms with Crippen molar-refractivity contribution >= 4 is 34.9 Å². The highest BCUT2D eigenvalue weighted by molar-refractivity contribution is 6.44. The highest BCUT2D eigenvalue weighted by atomic mass is 35.5. The van der Waals surface area contributed by atoms with Crippen LogP contribution in [0.3, 0.4) is 0 Å². The Morgan fingerprint density at radius 3 is 2.58 bits per heavy atom. The molecule has 1 amide bonds. The first-order valence-corrected chi connectivity index (χ1v) is 8.89. The van der Waals surface area contributed by atoms with E-state index in [9.17, 15) is 9.59 Å². The van der Waals surface area contributed by atoms with Crippen LogP contribution in [0.4, 0.5) is 5.69 Å². The molecule has 6 heteroatoms. The van der Waals surface area contributed by atoms with Gasteiger partial charge in [-0.3, -0.25) is 4.79 Å². The van der Waals surface area contributed by atoms with Crippen molar-refractivity contribution in [1.29, 1.82) is 0 Å². The monoisotopic (exact) mass is 368 g/mol. The summed E-state index contributed by atoms with van der Waals surface area (Å²) in [4.78, 5) is 29.8. The van der Waals surface area contributed by atoms with Crippen LogP contribution in [-0.4, -0.2) is 30.2 Å². The summed E-state index contributed by atoms with van der Waals surface area (Å²) in [6.45, 7) is 1.98. The van der Waals surface area contributed by atoms with Crippen LogP contribution in [0.1, 0.15) is 29.9 Å². The standard InChI is InChI=1S/C20H17ClN2O3/c1-2-26-20(25)18-15(11-7-3-5-9-13(11)21)16-12-8-4-6-10-14(12)22-17(16)19(24)23-18/h3-10,15-16,18H,2H2,1H3,(H,23,24). The number of nitrogens with zero attached hydrogens (tertiary/aromatic N) is 1. The fourth-order valence-corrected chi connectivity index (χ4v) is 4.06. The van der Waals surface area contributed by atoms with Crippen LogP contribution in [0, 0.1) is 0 Å². The van der Waals surface area contributed by atoms with Crippen molar-refractivity contribution in [2.45, 2.75) is 24.8 Å². The maximum Gasteiger partial charge on any atom is 0.329 e. The van der Waals surface area contributed by atoms with Crippen molar-refractivity contribution in [2.24, 2.45) is 4.99 Å². The van der Waals surface area contributed by atoms with Gasteiger partial charge in [0.2, 0.25) is 0 Å². The van der Waals surface area contributed by atoms with E-state index in [4.69, 9.17) is 16.3 Å². The number of nitrogens with one attached hydrogen (secondary N) is 1. The van der Waals surface area contributed by atoms with Gasteiger partial charge in [-0.05, 0) is 30.2 Å². The van der Waals surface area contributed by atoms with Gasteiger partial charge in [-0.25, -0.2) is 9.79 Å². The van der Waals surface area contributed by atoms with Gasteiger partial charge in [-0.2, -0.15) is 0 Å². The van der Waals surface area contributed by atoms with Crippen LogP contribution in [0.15, 0.2) is 53.5 Å². The van der Waals surface area contributed by atoms with E-state index in [1.807, 2.05) is 42.5 Å². The van der Waals surface area contributed by atoms with Crippen LogP contribution in [0.5, 0.6) is 0 Å². The van der Waals surface area contributed by atoms with Crippen molar-refractivity contribution in [3.05, 3.63) is 64.7 Å². The SMILES string of the molecule is CCOC(=O)C1NC(=O)C2=Nc3ccccc3C2C1c1ccccc1Cl. The normalized spacial score (nSPS) is 23.5. The average molecular weight is 369 g/mol. The number of rotatable bonds is 3. The van der Waals surface area contributed by atoms with E-state index in [1.165, 1.54) is 0 Å². The zero-order valence-electron chi connectivity index (χ0n) is 14.1. The van der Waals surface area contributed by atoms with Crippen molar-refractivity contribution < 1.29 is 14.3 Å². The Balaban J connectivity index is 1.89. The molecule has 0 aromatic heterocycles. The molecule has 0 aliphatic carbocycles. The van der Waals surface area contributed by atoms with Gasteiger partial charge < -0.3 is 10.1 Å². The molecule has 5 nitrogen and oxygen atoms in total. The lowest BCUT2D eigenvalue weighted by atomic mass is 9.72. The second-order valence-corrected chi connectivity index (χ2v) is 6.69. The lowest BCUT2D eigenvalue weighted by Gasteiger charge is -2.36. The molecule has 132 valence electrons. The molecule has 1 fully saturated rings. The summed E-state index contributed by atoms with van der Waals surface area (Å²) in [6, 6.07) is 14.2. The maximum atomic E-state index is 12.6. The summed E-state index contributed by atoms with van der Waals surface area (Å²) in [5.74, 6) is -1.53. The molecule has 26 heavy (non-hydrogen) atoms. The van der Waals surface area contributed by atoms with Crippen LogP contribution in [0.2, 0.25) is 5.02 Å². The van der Waals surface area contributed by atoms with E-state index in [1.54, 1.807) is 13.0 Å². The molecule has 2 aliphatic rings. The topological polar surface area (TPSA) is 67.8 Å². The first-order valence-electron chi connectivity index (χ1n) is 8.51. The largest absolute Gasteiger partial charge is 0.464 e. The summed E-state index contributed by atoms with van der Waals surface area (Å²) in [5, 5.41) is 3.33. The molecule has 2 heterocycles. The molecular weight excluding hydrogens is 352 g/mol. The fraction of sp³-hybridized carbons (Fsp3) is 0.250. The van der Waals surface area contributed by atoms with Gasteiger partial charge in [-0.1, -0.05) is 48.0 Å². The number of ether oxygens (including phenoxy) is 1. The van der Waals surface area contributed by atoms with Crippen molar-refractivity contribution in [3.63, 3.8) is 0 Å².